The first-order valence-electron chi connectivity index (χ1n) is 8.89. The minimum atomic E-state index is -4.38. The number of carboxylic acid groups (broad SMARTS) is 2. The van der Waals surface area contributed by atoms with Crippen LogP contribution >= 0.6 is 35.7 Å². The van der Waals surface area contributed by atoms with Crippen molar-refractivity contribution < 1.29 is 42.2 Å². The van der Waals surface area contributed by atoms with Gasteiger partial charge in [-0.25, -0.2) is 4.79 Å². The van der Waals surface area contributed by atoms with E-state index in [-0.39, 0.29) is 33.3 Å². The van der Waals surface area contributed by atoms with Crippen LogP contribution in [0.15, 0.2) is 20.9 Å². The summed E-state index contributed by atoms with van der Waals surface area (Å²) >= 11 is 7.14. The summed E-state index contributed by atoms with van der Waals surface area (Å²) in [6, 6.07) is -0.904. The SMILES string of the molecule is O=C(O)Cc1nnc(SCC2=C(C(=O)O)N3C(=O)C(NC(=S)CCC(F)(F)F)[C@H]3SC2)o1. The Morgan fingerprint density at radius 2 is 2.06 bits per heavy atom. The van der Waals surface area contributed by atoms with Crippen molar-refractivity contribution in [3.8, 4) is 0 Å². The normalized spacial score (nSPS) is 20.6. The molecule has 3 rings (SSSR count). The van der Waals surface area contributed by atoms with E-state index in [1.165, 1.54) is 11.8 Å². The number of aliphatic carboxylic acids is 2. The lowest BCUT2D eigenvalue weighted by atomic mass is 10.0. The van der Waals surface area contributed by atoms with Crippen molar-refractivity contribution >= 4 is 58.6 Å². The quantitative estimate of drug-likeness (QED) is 0.251. The summed E-state index contributed by atoms with van der Waals surface area (Å²) in [5, 5.41) is 27.7. The van der Waals surface area contributed by atoms with Gasteiger partial charge >= 0.3 is 18.1 Å². The third kappa shape index (κ3) is 5.72. The average molecular weight is 513 g/mol. The standard InChI is InChI=1S/C16H15F3N4O6S3/c17-16(18,19)2-1-8(30)20-10-12(26)23-11(14(27)28)6(4-31-13(10)23)5-32-15-22-21-7(29-15)3-9(24)25/h10,13H,1-5H2,(H,20,30)(H,24,25)(H,27,28)/t10?,13-/m1/s1. The largest absolute Gasteiger partial charge is 0.481 e. The van der Waals surface area contributed by atoms with Crippen LogP contribution in [0.2, 0.25) is 0 Å². The smallest absolute Gasteiger partial charge is 0.389 e. The number of β-lactam (4-membered cyclic amide) rings is 1. The highest BCUT2D eigenvalue weighted by molar-refractivity contribution is 8.01. The first kappa shape index (κ1) is 24.3. The Bertz CT molecular complexity index is 982. The number of alkyl halides is 3. The monoisotopic (exact) mass is 512 g/mol. The number of nitrogens with zero attached hydrogens (tertiary/aromatic N) is 3. The average Bonchev–Trinajstić information content (AvgIpc) is 3.13. The van der Waals surface area contributed by atoms with E-state index in [1.54, 1.807) is 0 Å². The van der Waals surface area contributed by atoms with Crippen LogP contribution in [0.25, 0.3) is 0 Å². The molecule has 1 fully saturated rings. The Hall–Kier alpha value is -2.33. The van der Waals surface area contributed by atoms with E-state index in [0.29, 0.717) is 5.57 Å². The van der Waals surface area contributed by atoms with E-state index in [0.717, 1.165) is 16.7 Å². The van der Waals surface area contributed by atoms with E-state index in [9.17, 15) is 32.7 Å². The maximum Gasteiger partial charge on any atom is 0.389 e. The number of hydrogen-bond acceptors (Lipinski definition) is 9. The number of rotatable bonds is 9. The molecule has 10 nitrogen and oxygen atoms in total. The van der Waals surface area contributed by atoms with Crippen molar-refractivity contribution in [3.05, 3.63) is 17.2 Å². The summed E-state index contributed by atoms with van der Waals surface area (Å²) in [5.41, 5.74) is 0.198. The molecule has 3 N–H and O–H groups in total. The predicted molar refractivity (Wildman–Crippen MR) is 109 cm³/mol. The minimum absolute atomic E-state index is 0.0510. The van der Waals surface area contributed by atoms with Crippen LogP contribution < -0.4 is 5.32 Å². The highest BCUT2D eigenvalue weighted by Crippen LogP contribution is 2.41. The lowest BCUT2D eigenvalue weighted by molar-refractivity contribution is -0.148. The number of amides is 1. The summed E-state index contributed by atoms with van der Waals surface area (Å²) in [4.78, 5) is 36.0. The molecule has 16 heteroatoms. The molecule has 174 valence electrons. The van der Waals surface area contributed by atoms with Crippen LogP contribution in [0.4, 0.5) is 13.2 Å². The topological polar surface area (TPSA) is 146 Å². The van der Waals surface area contributed by atoms with Gasteiger partial charge in [-0.3, -0.25) is 14.5 Å². The zero-order valence-corrected chi connectivity index (χ0v) is 18.4. The molecule has 0 saturated carbocycles. The molecule has 2 aliphatic heterocycles. The highest BCUT2D eigenvalue weighted by atomic mass is 32.2. The molecule has 2 aliphatic rings. The van der Waals surface area contributed by atoms with Crippen molar-refractivity contribution in [1.82, 2.24) is 20.4 Å². The van der Waals surface area contributed by atoms with E-state index < -0.39 is 54.7 Å². The number of fused-ring (bicyclic) bond motifs is 1. The molecule has 2 atom stereocenters. The van der Waals surface area contributed by atoms with Crippen LogP contribution in [0, 0.1) is 0 Å². The van der Waals surface area contributed by atoms with Crippen LogP contribution in [0.3, 0.4) is 0 Å². The third-order valence-electron chi connectivity index (χ3n) is 4.32. The molecule has 1 amide bonds. The Balaban J connectivity index is 1.64. The van der Waals surface area contributed by atoms with Gasteiger partial charge in [-0.1, -0.05) is 24.0 Å². The molecule has 0 aromatic carbocycles. The second-order valence-electron chi connectivity index (χ2n) is 6.65. The van der Waals surface area contributed by atoms with Gasteiger partial charge in [0.15, 0.2) is 0 Å². The zero-order chi connectivity index (χ0) is 23.6. The zero-order valence-electron chi connectivity index (χ0n) is 15.9. The summed E-state index contributed by atoms with van der Waals surface area (Å²) in [5.74, 6) is -2.83. The van der Waals surface area contributed by atoms with Gasteiger partial charge in [-0.2, -0.15) is 13.2 Å². The fraction of sp³-hybridized carbons (Fsp3) is 0.500. The van der Waals surface area contributed by atoms with Crippen molar-refractivity contribution in [2.24, 2.45) is 0 Å². The summed E-state index contributed by atoms with van der Waals surface area (Å²) in [7, 11) is 0. The summed E-state index contributed by atoms with van der Waals surface area (Å²) < 4.78 is 42.2. The Morgan fingerprint density at radius 3 is 2.69 bits per heavy atom. The van der Waals surface area contributed by atoms with Gasteiger partial charge in [0.1, 0.15) is 23.5 Å². The molecule has 1 aromatic heterocycles. The fourth-order valence-corrected chi connectivity index (χ4v) is 5.44. The van der Waals surface area contributed by atoms with E-state index in [2.05, 4.69) is 15.5 Å². The van der Waals surface area contributed by atoms with Gasteiger partial charge in [0, 0.05) is 24.3 Å². The molecule has 0 spiro atoms. The van der Waals surface area contributed by atoms with Crippen molar-refractivity contribution in [3.63, 3.8) is 0 Å². The van der Waals surface area contributed by atoms with Crippen molar-refractivity contribution in [2.45, 2.75) is 42.1 Å². The van der Waals surface area contributed by atoms with Gasteiger partial charge < -0.3 is 19.9 Å². The number of carbonyl (C=O) groups is 3. The molecular formula is C16H15F3N4O6S3. The molecule has 1 aromatic rings. The van der Waals surface area contributed by atoms with Crippen LogP contribution in [0.5, 0.6) is 0 Å². The first-order chi connectivity index (χ1) is 15.0. The van der Waals surface area contributed by atoms with E-state index >= 15 is 0 Å². The maximum atomic E-state index is 12.5. The van der Waals surface area contributed by atoms with Crippen LogP contribution in [-0.4, -0.2) is 77.2 Å². The predicted octanol–water partition coefficient (Wildman–Crippen LogP) is 1.67. The van der Waals surface area contributed by atoms with Gasteiger partial charge in [0.05, 0.1) is 4.99 Å². The third-order valence-corrected chi connectivity index (χ3v) is 6.89. The minimum Gasteiger partial charge on any atom is -0.481 e. The molecule has 0 aliphatic carbocycles. The number of hydrogen-bond donors (Lipinski definition) is 3. The van der Waals surface area contributed by atoms with Gasteiger partial charge in [0.2, 0.25) is 5.89 Å². The number of nitrogens with one attached hydrogen (secondary N) is 1. The maximum absolute atomic E-state index is 12.5. The molecule has 3 heterocycles. The highest BCUT2D eigenvalue weighted by Gasteiger charge is 2.53. The second-order valence-corrected chi connectivity index (χ2v) is 9.17. The Kier molecular flexibility index (Phi) is 7.34. The lowest BCUT2D eigenvalue weighted by Crippen LogP contribution is -2.70. The number of thioether (sulfide) groups is 2. The molecular weight excluding hydrogens is 497 g/mol. The lowest BCUT2D eigenvalue weighted by Gasteiger charge is -2.49. The van der Waals surface area contributed by atoms with E-state index in [1.807, 2.05) is 0 Å². The number of carbonyl (C=O) groups excluding carboxylic acids is 1. The van der Waals surface area contributed by atoms with Gasteiger partial charge in [0.25, 0.3) is 11.1 Å². The van der Waals surface area contributed by atoms with Crippen molar-refractivity contribution in [1.29, 1.82) is 0 Å². The summed E-state index contributed by atoms with van der Waals surface area (Å²) in [6.07, 6.45) is -6.40. The van der Waals surface area contributed by atoms with Crippen LogP contribution in [-0.2, 0) is 20.8 Å². The number of halogens is 3. The van der Waals surface area contributed by atoms with Crippen LogP contribution in [0.1, 0.15) is 18.7 Å². The number of carboxylic acids is 2. The van der Waals surface area contributed by atoms with E-state index in [4.69, 9.17) is 21.7 Å². The number of thiocarbonyl (C=S) groups is 1. The molecule has 32 heavy (non-hydrogen) atoms. The van der Waals surface area contributed by atoms with Gasteiger partial charge in [-0.15, -0.1) is 22.0 Å². The number of aromatic nitrogens is 2. The van der Waals surface area contributed by atoms with Gasteiger partial charge in [-0.05, 0) is 5.57 Å². The fourth-order valence-electron chi connectivity index (χ4n) is 2.94. The Morgan fingerprint density at radius 1 is 1.34 bits per heavy atom. The molecule has 1 unspecified atom stereocenters. The molecule has 1 saturated heterocycles. The second kappa shape index (κ2) is 9.66. The Labute approximate surface area is 192 Å². The molecule has 0 radical (unpaired) electrons. The van der Waals surface area contributed by atoms with Crippen molar-refractivity contribution in [2.75, 3.05) is 11.5 Å². The summed E-state index contributed by atoms with van der Waals surface area (Å²) in [6.45, 7) is 0. The first-order valence-corrected chi connectivity index (χ1v) is 11.3. The molecule has 0 bridgehead atoms.